The maximum absolute atomic E-state index is 11.8. The van der Waals surface area contributed by atoms with Crippen LogP contribution in [-0.4, -0.2) is 67.0 Å². The summed E-state index contributed by atoms with van der Waals surface area (Å²) in [4.78, 5) is 20.6. The molecule has 0 spiro atoms. The quantitative estimate of drug-likeness (QED) is 0.767. The van der Waals surface area contributed by atoms with Crippen LogP contribution in [0.3, 0.4) is 0 Å². The number of likely N-dealkylation sites (N-methyl/N-ethyl adjacent to an activating group) is 1. The van der Waals surface area contributed by atoms with Gasteiger partial charge in [0.2, 0.25) is 0 Å². The number of nitrogens with zero attached hydrogens (tertiary/aromatic N) is 3. The van der Waals surface area contributed by atoms with Gasteiger partial charge < -0.3 is 15.1 Å². The Bertz CT molecular complexity index is 416. The van der Waals surface area contributed by atoms with E-state index in [0.29, 0.717) is 5.56 Å². The molecule has 2 rings (SSSR count). The molecule has 0 aromatic carbocycles. The topological polar surface area (TPSA) is 48.5 Å². The highest BCUT2D eigenvalue weighted by molar-refractivity contribution is 5.93. The molecular formula is C16H26N4O. The van der Waals surface area contributed by atoms with Gasteiger partial charge in [-0.15, -0.1) is 0 Å². The molecule has 0 saturated carbocycles. The van der Waals surface area contributed by atoms with Gasteiger partial charge in [-0.05, 0) is 38.6 Å². The van der Waals surface area contributed by atoms with Crippen LogP contribution in [0.1, 0.15) is 29.6 Å². The number of aromatic nitrogens is 1. The van der Waals surface area contributed by atoms with Crippen LogP contribution in [0.5, 0.6) is 0 Å². The van der Waals surface area contributed by atoms with Crippen molar-refractivity contribution in [3.05, 3.63) is 30.1 Å². The van der Waals surface area contributed by atoms with E-state index >= 15 is 0 Å². The minimum Gasteiger partial charge on any atom is -0.352 e. The zero-order valence-electron chi connectivity index (χ0n) is 12.9. The van der Waals surface area contributed by atoms with Gasteiger partial charge in [-0.2, -0.15) is 0 Å². The molecule has 0 atom stereocenters. The predicted octanol–water partition coefficient (Wildman–Crippen LogP) is 1.23. The van der Waals surface area contributed by atoms with Gasteiger partial charge >= 0.3 is 0 Å². The van der Waals surface area contributed by atoms with Gasteiger partial charge in [-0.3, -0.25) is 9.78 Å². The van der Waals surface area contributed by atoms with Crippen molar-refractivity contribution in [1.29, 1.82) is 0 Å². The smallest absolute Gasteiger partial charge is 0.251 e. The summed E-state index contributed by atoms with van der Waals surface area (Å²) < 4.78 is 0. The second-order valence-corrected chi connectivity index (χ2v) is 5.70. The van der Waals surface area contributed by atoms with E-state index in [0.717, 1.165) is 13.0 Å². The Balaban J connectivity index is 1.49. The van der Waals surface area contributed by atoms with Crippen molar-refractivity contribution in [1.82, 2.24) is 20.1 Å². The first-order chi connectivity index (χ1) is 10.3. The molecule has 1 aromatic heterocycles. The minimum atomic E-state index is -0.00327. The van der Waals surface area contributed by atoms with Crippen LogP contribution in [0.4, 0.5) is 0 Å². The third kappa shape index (κ3) is 5.81. The van der Waals surface area contributed by atoms with Gasteiger partial charge in [0, 0.05) is 50.7 Å². The fraction of sp³-hybridized carbons (Fsp3) is 0.625. The van der Waals surface area contributed by atoms with Crippen LogP contribution in [0.25, 0.3) is 0 Å². The first-order valence-electron chi connectivity index (χ1n) is 7.85. The van der Waals surface area contributed by atoms with Crippen LogP contribution < -0.4 is 5.32 Å². The summed E-state index contributed by atoms with van der Waals surface area (Å²) >= 11 is 0. The number of hydrogen-bond acceptors (Lipinski definition) is 4. The fourth-order valence-corrected chi connectivity index (χ4v) is 2.52. The molecule has 1 fully saturated rings. The van der Waals surface area contributed by atoms with Crippen molar-refractivity contribution in [2.45, 2.75) is 19.3 Å². The maximum Gasteiger partial charge on any atom is 0.251 e. The summed E-state index contributed by atoms with van der Waals surface area (Å²) in [7, 11) is 2.18. The van der Waals surface area contributed by atoms with Crippen LogP contribution >= 0.6 is 0 Å². The molecule has 5 nitrogen and oxygen atoms in total. The monoisotopic (exact) mass is 290 g/mol. The summed E-state index contributed by atoms with van der Waals surface area (Å²) in [5, 5.41) is 2.96. The number of carbonyl (C=O) groups is 1. The van der Waals surface area contributed by atoms with Gasteiger partial charge in [0.1, 0.15) is 0 Å². The lowest BCUT2D eigenvalue weighted by Gasteiger charge is -2.32. The molecule has 0 bridgehead atoms. The number of nitrogens with one attached hydrogen (secondary N) is 1. The highest BCUT2D eigenvalue weighted by Gasteiger charge is 2.12. The van der Waals surface area contributed by atoms with Crippen molar-refractivity contribution < 1.29 is 4.79 Å². The number of carbonyl (C=O) groups excluding carboxylic acids is 1. The van der Waals surface area contributed by atoms with E-state index in [9.17, 15) is 4.79 Å². The summed E-state index contributed by atoms with van der Waals surface area (Å²) in [6.45, 7) is 6.69. The lowest BCUT2D eigenvalue weighted by molar-refractivity contribution is 0.0952. The van der Waals surface area contributed by atoms with E-state index in [1.807, 2.05) is 0 Å². The number of piperazine rings is 1. The number of rotatable bonds is 7. The largest absolute Gasteiger partial charge is 0.352 e. The third-order valence-electron chi connectivity index (χ3n) is 3.98. The van der Waals surface area contributed by atoms with Crippen molar-refractivity contribution in [2.75, 3.05) is 46.3 Å². The van der Waals surface area contributed by atoms with Crippen LogP contribution in [0.2, 0.25) is 0 Å². The zero-order chi connectivity index (χ0) is 14.9. The average molecular weight is 290 g/mol. The molecule has 1 amide bonds. The molecule has 1 saturated heterocycles. The summed E-state index contributed by atoms with van der Waals surface area (Å²) in [6, 6.07) is 3.48. The lowest BCUT2D eigenvalue weighted by Crippen LogP contribution is -2.44. The Kier molecular flexibility index (Phi) is 6.63. The SMILES string of the molecule is CN1CCN(CCCCCNC(=O)c2ccncc2)CC1. The second kappa shape index (κ2) is 8.74. The Morgan fingerprint density at radius 1 is 1.14 bits per heavy atom. The molecule has 1 aliphatic rings. The molecule has 21 heavy (non-hydrogen) atoms. The molecule has 0 radical (unpaired) electrons. The Morgan fingerprint density at radius 3 is 2.57 bits per heavy atom. The zero-order valence-corrected chi connectivity index (χ0v) is 12.9. The fourth-order valence-electron chi connectivity index (χ4n) is 2.52. The van der Waals surface area contributed by atoms with Gasteiger partial charge in [-0.25, -0.2) is 0 Å². The third-order valence-corrected chi connectivity index (χ3v) is 3.98. The van der Waals surface area contributed by atoms with E-state index in [4.69, 9.17) is 0 Å². The Labute approximate surface area is 127 Å². The summed E-state index contributed by atoms with van der Waals surface area (Å²) in [6.07, 6.45) is 6.72. The average Bonchev–Trinajstić information content (AvgIpc) is 2.53. The van der Waals surface area contributed by atoms with E-state index in [1.165, 1.54) is 45.6 Å². The van der Waals surface area contributed by atoms with E-state index in [2.05, 4.69) is 27.1 Å². The van der Waals surface area contributed by atoms with Crippen molar-refractivity contribution in [2.24, 2.45) is 0 Å². The molecule has 1 aromatic rings. The van der Waals surface area contributed by atoms with Crippen molar-refractivity contribution in [3.63, 3.8) is 0 Å². The Hall–Kier alpha value is -1.46. The molecule has 116 valence electrons. The normalized spacial score (nSPS) is 16.8. The molecular weight excluding hydrogens is 264 g/mol. The molecule has 1 N–H and O–H groups in total. The first-order valence-corrected chi connectivity index (χ1v) is 7.85. The van der Waals surface area contributed by atoms with E-state index in [-0.39, 0.29) is 5.91 Å². The van der Waals surface area contributed by atoms with Gasteiger partial charge in [0.05, 0.1) is 0 Å². The van der Waals surface area contributed by atoms with Crippen LogP contribution in [0.15, 0.2) is 24.5 Å². The van der Waals surface area contributed by atoms with Crippen LogP contribution in [0, 0.1) is 0 Å². The number of unbranched alkanes of at least 4 members (excludes halogenated alkanes) is 2. The molecule has 5 heteroatoms. The van der Waals surface area contributed by atoms with Gasteiger partial charge in [0.25, 0.3) is 5.91 Å². The van der Waals surface area contributed by atoms with Crippen molar-refractivity contribution >= 4 is 5.91 Å². The summed E-state index contributed by atoms with van der Waals surface area (Å²) in [5.74, 6) is -0.00327. The van der Waals surface area contributed by atoms with Gasteiger partial charge in [0.15, 0.2) is 0 Å². The van der Waals surface area contributed by atoms with E-state index < -0.39 is 0 Å². The maximum atomic E-state index is 11.8. The molecule has 1 aliphatic heterocycles. The number of pyridine rings is 1. The van der Waals surface area contributed by atoms with Gasteiger partial charge in [-0.1, -0.05) is 6.42 Å². The standard InChI is InChI=1S/C16H26N4O/c1-19-11-13-20(14-12-19)10-4-2-3-7-18-16(21)15-5-8-17-9-6-15/h5-6,8-9H,2-4,7,10-14H2,1H3,(H,18,21). The van der Waals surface area contributed by atoms with Crippen molar-refractivity contribution in [3.8, 4) is 0 Å². The van der Waals surface area contributed by atoms with Crippen LogP contribution in [-0.2, 0) is 0 Å². The van der Waals surface area contributed by atoms with E-state index in [1.54, 1.807) is 24.5 Å². The molecule has 0 aliphatic carbocycles. The highest BCUT2D eigenvalue weighted by Crippen LogP contribution is 2.03. The minimum absolute atomic E-state index is 0.00327. The Morgan fingerprint density at radius 2 is 1.86 bits per heavy atom. The highest BCUT2D eigenvalue weighted by atomic mass is 16.1. The number of amides is 1. The molecule has 0 unspecified atom stereocenters. The molecule has 2 heterocycles. The predicted molar refractivity (Wildman–Crippen MR) is 84.4 cm³/mol. The first kappa shape index (κ1) is 15.9. The number of hydrogen-bond donors (Lipinski definition) is 1. The summed E-state index contributed by atoms with van der Waals surface area (Å²) in [5.41, 5.74) is 0.683. The lowest BCUT2D eigenvalue weighted by atomic mass is 10.2. The second-order valence-electron chi connectivity index (χ2n) is 5.70.